The second-order valence-corrected chi connectivity index (χ2v) is 3.09. The topological polar surface area (TPSA) is 63.6 Å². The van der Waals surface area contributed by atoms with Crippen molar-refractivity contribution < 1.29 is 19.4 Å². The highest BCUT2D eigenvalue weighted by molar-refractivity contribution is 5.76. The van der Waals surface area contributed by atoms with Gasteiger partial charge in [-0.2, -0.15) is 0 Å². The van der Waals surface area contributed by atoms with Crippen LogP contribution in [0.4, 0.5) is 0 Å². The van der Waals surface area contributed by atoms with Crippen molar-refractivity contribution in [1.82, 2.24) is 0 Å². The Bertz CT molecular complexity index is 176. The predicted octanol–water partition coefficient (Wildman–Crippen LogP) is 1.44. The second-order valence-electron chi connectivity index (χ2n) is 3.09. The number of hydrogen-bond acceptors (Lipinski definition) is 3. The van der Waals surface area contributed by atoms with Gasteiger partial charge < -0.3 is 9.84 Å². The van der Waals surface area contributed by atoms with Gasteiger partial charge in [-0.3, -0.25) is 9.59 Å². The minimum absolute atomic E-state index is 0.0359. The van der Waals surface area contributed by atoms with Crippen LogP contribution in [-0.2, 0) is 14.3 Å². The van der Waals surface area contributed by atoms with Crippen LogP contribution in [0.3, 0.4) is 0 Å². The van der Waals surface area contributed by atoms with Gasteiger partial charge in [0, 0.05) is 0 Å². The summed E-state index contributed by atoms with van der Waals surface area (Å²) in [4.78, 5) is 21.0. The molecule has 0 aromatic heterocycles. The first-order valence-corrected chi connectivity index (χ1v) is 4.43. The third-order valence-corrected chi connectivity index (χ3v) is 1.77. The first kappa shape index (κ1) is 11.9. The summed E-state index contributed by atoms with van der Waals surface area (Å²) >= 11 is 0. The van der Waals surface area contributed by atoms with Gasteiger partial charge in [0.15, 0.2) is 0 Å². The molecule has 76 valence electrons. The largest absolute Gasteiger partial charge is 0.481 e. The third-order valence-electron chi connectivity index (χ3n) is 1.77. The molecule has 0 bridgehead atoms. The van der Waals surface area contributed by atoms with E-state index in [0.29, 0.717) is 12.5 Å². The van der Waals surface area contributed by atoms with Gasteiger partial charge in [0.05, 0.1) is 19.4 Å². The molecule has 0 aliphatic carbocycles. The maximum absolute atomic E-state index is 10.9. The van der Waals surface area contributed by atoms with Crippen LogP contribution in [0.1, 0.15) is 33.1 Å². The van der Waals surface area contributed by atoms with Crippen molar-refractivity contribution in [3.05, 3.63) is 0 Å². The molecule has 1 atom stereocenters. The van der Waals surface area contributed by atoms with Crippen LogP contribution in [0.2, 0.25) is 0 Å². The Morgan fingerprint density at radius 2 is 2.00 bits per heavy atom. The summed E-state index contributed by atoms with van der Waals surface area (Å²) in [6.45, 7) is 4.37. The van der Waals surface area contributed by atoms with Crippen LogP contribution in [0.25, 0.3) is 0 Å². The molecule has 0 amide bonds. The fraction of sp³-hybridized carbons (Fsp3) is 0.778. The van der Waals surface area contributed by atoms with Crippen molar-refractivity contribution in [2.75, 3.05) is 6.61 Å². The molecule has 1 N–H and O–H groups in total. The Morgan fingerprint density at radius 1 is 1.38 bits per heavy atom. The normalized spacial score (nSPS) is 12.2. The fourth-order valence-electron chi connectivity index (χ4n) is 0.634. The van der Waals surface area contributed by atoms with Crippen molar-refractivity contribution in [2.45, 2.75) is 33.1 Å². The molecular formula is C9H16O4. The van der Waals surface area contributed by atoms with E-state index in [9.17, 15) is 9.59 Å². The third kappa shape index (κ3) is 7.31. The summed E-state index contributed by atoms with van der Waals surface area (Å²) in [5.41, 5.74) is 0. The molecule has 4 heteroatoms. The Morgan fingerprint density at radius 3 is 2.46 bits per heavy atom. The molecule has 0 aliphatic rings. The number of hydrogen-bond donors (Lipinski definition) is 1. The summed E-state index contributed by atoms with van der Waals surface area (Å²) in [6, 6.07) is 0. The quantitative estimate of drug-likeness (QED) is 0.640. The number of carboxylic acid groups (broad SMARTS) is 1. The molecule has 13 heavy (non-hydrogen) atoms. The lowest BCUT2D eigenvalue weighted by Gasteiger charge is -2.08. The number of carbonyl (C=O) groups is 2. The molecule has 0 saturated carbocycles. The van der Waals surface area contributed by atoms with Crippen LogP contribution in [-0.4, -0.2) is 23.7 Å². The standard InChI is InChI=1S/C9H16O4/c1-3-7(2)6-13-9(12)5-4-8(10)11/h7H,3-6H2,1-2H3,(H,10,11). The van der Waals surface area contributed by atoms with Gasteiger partial charge in [0.25, 0.3) is 0 Å². The molecular weight excluding hydrogens is 172 g/mol. The minimum Gasteiger partial charge on any atom is -0.481 e. The first-order valence-electron chi connectivity index (χ1n) is 4.43. The van der Waals surface area contributed by atoms with Gasteiger partial charge in [-0.15, -0.1) is 0 Å². The highest BCUT2D eigenvalue weighted by atomic mass is 16.5. The molecule has 0 rings (SSSR count). The Labute approximate surface area is 77.9 Å². The predicted molar refractivity (Wildman–Crippen MR) is 47.3 cm³/mol. The lowest BCUT2D eigenvalue weighted by atomic mass is 10.1. The number of carboxylic acids is 1. The van der Waals surface area contributed by atoms with E-state index in [1.165, 1.54) is 0 Å². The smallest absolute Gasteiger partial charge is 0.306 e. The Hall–Kier alpha value is -1.06. The summed E-state index contributed by atoms with van der Waals surface area (Å²) in [5.74, 6) is -1.06. The van der Waals surface area contributed by atoms with E-state index < -0.39 is 11.9 Å². The van der Waals surface area contributed by atoms with E-state index in [2.05, 4.69) is 0 Å². The molecule has 1 unspecified atom stereocenters. The zero-order valence-corrected chi connectivity index (χ0v) is 8.08. The summed E-state index contributed by atoms with van der Waals surface area (Å²) in [6.07, 6.45) is 0.761. The number of aliphatic carboxylic acids is 1. The van der Waals surface area contributed by atoms with E-state index in [4.69, 9.17) is 9.84 Å². The molecule has 0 fully saturated rings. The fourth-order valence-corrected chi connectivity index (χ4v) is 0.634. The minimum atomic E-state index is -0.972. The maximum Gasteiger partial charge on any atom is 0.306 e. The van der Waals surface area contributed by atoms with Crippen molar-refractivity contribution in [1.29, 1.82) is 0 Å². The van der Waals surface area contributed by atoms with Crippen LogP contribution in [0.5, 0.6) is 0 Å². The molecule has 0 radical (unpaired) electrons. The SMILES string of the molecule is CCC(C)COC(=O)CCC(=O)O. The van der Waals surface area contributed by atoms with Gasteiger partial charge >= 0.3 is 11.9 Å². The summed E-state index contributed by atoms with van der Waals surface area (Å²) in [7, 11) is 0. The van der Waals surface area contributed by atoms with Crippen molar-refractivity contribution in [3.63, 3.8) is 0 Å². The van der Waals surface area contributed by atoms with Crippen LogP contribution in [0, 0.1) is 5.92 Å². The average molecular weight is 188 g/mol. The van der Waals surface area contributed by atoms with Gasteiger partial charge in [-0.05, 0) is 5.92 Å². The van der Waals surface area contributed by atoms with Crippen molar-refractivity contribution in [2.24, 2.45) is 5.92 Å². The van der Waals surface area contributed by atoms with E-state index in [-0.39, 0.29) is 12.8 Å². The molecule has 4 nitrogen and oxygen atoms in total. The molecule has 0 spiro atoms. The highest BCUT2D eigenvalue weighted by Crippen LogP contribution is 2.02. The Kier molecular flexibility index (Phi) is 5.93. The Balaban J connectivity index is 3.46. The highest BCUT2D eigenvalue weighted by Gasteiger charge is 2.07. The summed E-state index contributed by atoms with van der Waals surface area (Å²) < 4.78 is 4.84. The van der Waals surface area contributed by atoms with E-state index >= 15 is 0 Å². The molecule has 0 aromatic carbocycles. The van der Waals surface area contributed by atoms with Gasteiger partial charge in [0.2, 0.25) is 0 Å². The second kappa shape index (κ2) is 6.46. The molecule has 0 aliphatic heterocycles. The zero-order valence-electron chi connectivity index (χ0n) is 8.08. The monoisotopic (exact) mass is 188 g/mol. The van der Waals surface area contributed by atoms with Crippen molar-refractivity contribution >= 4 is 11.9 Å². The van der Waals surface area contributed by atoms with Gasteiger partial charge in [0.1, 0.15) is 0 Å². The number of carbonyl (C=O) groups excluding carboxylic acids is 1. The number of ether oxygens (including phenoxy) is 1. The van der Waals surface area contributed by atoms with E-state index in [0.717, 1.165) is 6.42 Å². The molecule has 0 saturated heterocycles. The zero-order chi connectivity index (χ0) is 10.3. The number of esters is 1. The molecule has 0 aromatic rings. The van der Waals surface area contributed by atoms with Crippen LogP contribution < -0.4 is 0 Å². The molecule has 0 heterocycles. The lowest BCUT2D eigenvalue weighted by molar-refractivity contribution is -0.148. The van der Waals surface area contributed by atoms with E-state index in [1.54, 1.807) is 0 Å². The van der Waals surface area contributed by atoms with Gasteiger partial charge in [-0.25, -0.2) is 0 Å². The van der Waals surface area contributed by atoms with Crippen molar-refractivity contribution in [3.8, 4) is 0 Å². The van der Waals surface area contributed by atoms with Gasteiger partial charge in [-0.1, -0.05) is 20.3 Å². The summed E-state index contributed by atoms with van der Waals surface area (Å²) in [5, 5.41) is 8.28. The van der Waals surface area contributed by atoms with E-state index in [1.807, 2.05) is 13.8 Å². The van der Waals surface area contributed by atoms with Crippen LogP contribution in [0.15, 0.2) is 0 Å². The number of rotatable bonds is 6. The first-order chi connectivity index (χ1) is 6.06. The lowest BCUT2D eigenvalue weighted by Crippen LogP contribution is -2.12. The maximum atomic E-state index is 10.9. The van der Waals surface area contributed by atoms with Crippen LogP contribution >= 0.6 is 0 Å². The average Bonchev–Trinajstić information content (AvgIpc) is 2.10.